The Morgan fingerprint density at radius 3 is 2.60 bits per heavy atom. The second-order valence-corrected chi connectivity index (χ2v) is 4.81. The third kappa shape index (κ3) is 2.80. The summed E-state index contributed by atoms with van der Waals surface area (Å²) in [4.78, 5) is 24.6. The normalized spacial score (nSPS) is 23.5. The van der Waals surface area contributed by atoms with E-state index >= 15 is 0 Å². The molecule has 0 bridgehead atoms. The average molecular weight is 209 g/mol. The van der Waals surface area contributed by atoms with E-state index in [9.17, 15) is 9.59 Å². The van der Waals surface area contributed by atoms with Crippen molar-refractivity contribution in [1.29, 1.82) is 0 Å². The molecule has 2 fully saturated rings. The summed E-state index contributed by atoms with van der Waals surface area (Å²) in [5.41, 5.74) is 0. The first-order chi connectivity index (χ1) is 7.25. The van der Waals surface area contributed by atoms with Crippen LogP contribution in [0, 0.1) is 5.92 Å². The highest BCUT2D eigenvalue weighted by Crippen LogP contribution is 2.27. The van der Waals surface area contributed by atoms with E-state index in [4.69, 9.17) is 0 Å². The third-order valence-electron chi connectivity index (χ3n) is 3.57. The quantitative estimate of drug-likeness (QED) is 0.695. The standard InChI is InChI=1S/C12H19NO2/c14-11-6-7-13(9-11)12(15)8-10-4-2-1-3-5-10/h10H,1-9H2. The number of likely N-dealkylation sites (tertiary alicyclic amines) is 1. The fourth-order valence-corrected chi connectivity index (χ4v) is 2.61. The van der Waals surface area contributed by atoms with Crippen molar-refractivity contribution in [2.24, 2.45) is 5.92 Å². The van der Waals surface area contributed by atoms with Gasteiger partial charge in [0.05, 0.1) is 6.54 Å². The monoisotopic (exact) mass is 209 g/mol. The van der Waals surface area contributed by atoms with Crippen molar-refractivity contribution in [2.75, 3.05) is 13.1 Å². The molecule has 3 nitrogen and oxygen atoms in total. The van der Waals surface area contributed by atoms with E-state index in [1.165, 1.54) is 32.1 Å². The molecule has 1 heterocycles. The van der Waals surface area contributed by atoms with Gasteiger partial charge in [-0.2, -0.15) is 0 Å². The van der Waals surface area contributed by atoms with Crippen LogP contribution in [0.5, 0.6) is 0 Å². The zero-order chi connectivity index (χ0) is 10.7. The lowest BCUT2D eigenvalue weighted by atomic mass is 9.87. The lowest BCUT2D eigenvalue weighted by Gasteiger charge is -2.23. The first kappa shape index (κ1) is 10.7. The average Bonchev–Trinajstić information content (AvgIpc) is 2.66. The Bertz CT molecular complexity index is 256. The van der Waals surface area contributed by atoms with Crippen molar-refractivity contribution < 1.29 is 9.59 Å². The van der Waals surface area contributed by atoms with Crippen LogP contribution in [0.3, 0.4) is 0 Å². The van der Waals surface area contributed by atoms with Crippen molar-refractivity contribution in [2.45, 2.75) is 44.9 Å². The van der Waals surface area contributed by atoms with Crippen molar-refractivity contribution in [3.63, 3.8) is 0 Å². The highest BCUT2D eigenvalue weighted by atomic mass is 16.2. The highest BCUT2D eigenvalue weighted by molar-refractivity contribution is 5.89. The molecule has 1 saturated carbocycles. The largest absolute Gasteiger partial charge is 0.335 e. The minimum Gasteiger partial charge on any atom is -0.335 e. The van der Waals surface area contributed by atoms with Gasteiger partial charge in [-0.25, -0.2) is 0 Å². The molecule has 0 aromatic heterocycles. The van der Waals surface area contributed by atoms with E-state index in [0.29, 0.717) is 31.8 Å². The van der Waals surface area contributed by atoms with Gasteiger partial charge in [-0.3, -0.25) is 9.59 Å². The Morgan fingerprint density at radius 2 is 2.00 bits per heavy atom. The molecule has 0 aromatic rings. The third-order valence-corrected chi connectivity index (χ3v) is 3.57. The topological polar surface area (TPSA) is 37.4 Å². The first-order valence-electron chi connectivity index (χ1n) is 6.05. The number of rotatable bonds is 2. The Kier molecular flexibility index (Phi) is 3.39. The maximum absolute atomic E-state index is 11.8. The van der Waals surface area contributed by atoms with Crippen LogP contribution >= 0.6 is 0 Å². The number of hydrogen-bond acceptors (Lipinski definition) is 2. The number of amides is 1. The van der Waals surface area contributed by atoms with Crippen LogP contribution in [0.25, 0.3) is 0 Å². The summed E-state index contributed by atoms with van der Waals surface area (Å²) in [7, 11) is 0. The van der Waals surface area contributed by atoms with Crippen LogP contribution in [0.2, 0.25) is 0 Å². The second-order valence-electron chi connectivity index (χ2n) is 4.81. The zero-order valence-electron chi connectivity index (χ0n) is 9.21. The summed E-state index contributed by atoms with van der Waals surface area (Å²) in [5.74, 6) is 1.00. The Labute approximate surface area is 90.8 Å². The number of nitrogens with zero attached hydrogens (tertiary/aromatic N) is 1. The summed E-state index contributed by atoms with van der Waals surface area (Å²) < 4.78 is 0. The predicted molar refractivity (Wildman–Crippen MR) is 57.4 cm³/mol. The fraction of sp³-hybridized carbons (Fsp3) is 0.833. The summed E-state index contributed by atoms with van der Waals surface area (Å²) in [5, 5.41) is 0. The van der Waals surface area contributed by atoms with Gasteiger partial charge in [0.1, 0.15) is 0 Å². The minimum atomic E-state index is 0.202. The molecular weight excluding hydrogens is 190 g/mol. The van der Waals surface area contributed by atoms with E-state index in [1.54, 1.807) is 4.90 Å². The van der Waals surface area contributed by atoms with E-state index in [1.807, 2.05) is 0 Å². The Morgan fingerprint density at radius 1 is 1.27 bits per heavy atom. The minimum absolute atomic E-state index is 0.202. The van der Waals surface area contributed by atoms with E-state index in [0.717, 1.165) is 0 Å². The maximum Gasteiger partial charge on any atom is 0.223 e. The maximum atomic E-state index is 11.8. The molecule has 3 heteroatoms. The van der Waals surface area contributed by atoms with E-state index in [2.05, 4.69) is 0 Å². The Hall–Kier alpha value is -0.860. The molecule has 0 atom stereocenters. The molecule has 0 spiro atoms. The molecule has 2 aliphatic rings. The number of hydrogen-bond donors (Lipinski definition) is 0. The molecule has 15 heavy (non-hydrogen) atoms. The van der Waals surface area contributed by atoms with Gasteiger partial charge < -0.3 is 4.90 Å². The fourth-order valence-electron chi connectivity index (χ4n) is 2.61. The second kappa shape index (κ2) is 4.77. The van der Waals surface area contributed by atoms with Crippen LogP contribution in [0.1, 0.15) is 44.9 Å². The smallest absolute Gasteiger partial charge is 0.223 e. The van der Waals surface area contributed by atoms with Crippen molar-refractivity contribution in [1.82, 2.24) is 4.90 Å². The molecule has 2 rings (SSSR count). The van der Waals surface area contributed by atoms with Gasteiger partial charge in [-0.05, 0) is 18.8 Å². The number of carbonyl (C=O) groups excluding carboxylic acids is 2. The summed E-state index contributed by atoms with van der Waals surface area (Å²) in [6.07, 6.45) is 7.52. The molecule has 84 valence electrons. The molecule has 0 aromatic carbocycles. The summed E-state index contributed by atoms with van der Waals surface area (Å²) >= 11 is 0. The lowest BCUT2D eigenvalue weighted by Crippen LogP contribution is -2.30. The van der Waals surface area contributed by atoms with Crippen LogP contribution in [-0.2, 0) is 9.59 Å². The molecule has 0 radical (unpaired) electrons. The number of Topliss-reactive ketones (excluding diaryl/α,β-unsaturated/α-hetero) is 1. The SMILES string of the molecule is O=C1CCN(C(=O)CC2CCCCC2)C1. The van der Waals surface area contributed by atoms with E-state index in [-0.39, 0.29) is 11.7 Å². The van der Waals surface area contributed by atoms with Gasteiger partial charge >= 0.3 is 0 Å². The van der Waals surface area contributed by atoms with Gasteiger partial charge in [-0.15, -0.1) is 0 Å². The van der Waals surface area contributed by atoms with Crippen LogP contribution in [0.4, 0.5) is 0 Å². The molecular formula is C12H19NO2. The number of carbonyl (C=O) groups is 2. The number of ketones is 1. The van der Waals surface area contributed by atoms with Gasteiger partial charge in [-0.1, -0.05) is 19.3 Å². The van der Waals surface area contributed by atoms with Crippen LogP contribution in [0.15, 0.2) is 0 Å². The molecule has 0 unspecified atom stereocenters. The summed E-state index contributed by atoms with van der Waals surface area (Å²) in [6, 6.07) is 0. The molecule has 1 aliphatic heterocycles. The van der Waals surface area contributed by atoms with Gasteiger partial charge in [0, 0.05) is 19.4 Å². The Balaban J connectivity index is 1.78. The van der Waals surface area contributed by atoms with Crippen molar-refractivity contribution >= 4 is 11.7 Å². The first-order valence-corrected chi connectivity index (χ1v) is 6.05. The summed E-state index contributed by atoms with van der Waals surface area (Å²) in [6.45, 7) is 1.02. The van der Waals surface area contributed by atoms with Crippen molar-refractivity contribution in [3.05, 3.63) is 0 Å². The highest BCUT2D eigenvalue weighted by Gasteiger charge is 2.26. The van der Waals surface area contributed by atoms with Crippen LogP contribution < -0.4 is 0 Å². The van der Waals surface area contributed by atoms with Crippen molar-refractivity contribution in [3.8, 4) is 0 Å². The molecule has 1 amide bonds. The molecule has 1 saturated heterocycles. The predicted octanol–water partition coefficient (Wildman–Crippen LogP) is 1.76. The molecule has 1 aliphatic carbocycles. The molecule has 0 N–H and O–H groups in total. The van der Waals surface area contributed by atoms with Gasteiger partial charge in [0.25, 0.3) is 0 Å². The van der Waals surface area contributed by atoms with Gasteiger partial charge in [0.15, 0.2) is 5.78 Å². The zero-order valence-corrected chi connectivity index (χ0v) is 9.21. The van der Waals surface area contributed by atoms with Crippen LogP contribution in [-0.4, -0.2) is 29.7 Å². The lowest BCUT2D eigenvalue weighted by molar-refractivity contribution is -0.132. The van der Waals surface area contributed by atoms with E-state index < -0.39 is 0 Å². The van der Waals surface area contributed by atoms with Gasteiger partial charge in [0.2, 0.25) is 5.91 Å².